The molecule has 54 heavy (non-hydrogen) atoms. The molecule has 2 N–H and O–H groups in total. The Labute approximate surface area is 327 Å². The van der Waals surface area contributed by atoms with Gasteiger partial charge in [-0.15, -0.1) is 0 Å². The molecule has 3 rings (SSSR count). The molecule has 0 radical (unpaired) electrons. The molecular formula is C44H60ClN3O6. The molecule has 0 atom stereocenters. The van der Waals surface area contributed by atoms with Crippen molar-refractivity contribution in [3.63, 3.8) is 0 Å². The summed E-state index contributed by atoms with van der Waals surface area (Å²) in [5, 5.41) is 12.4. The van der Waals surface area contributed by atoms with Crippen molar-refractivity contribution in [1.29, 1.82) is 0 Å². The van der Waals surface area contributed by atoms with E-state index < -0.39 is 17.7 Å². The molecule has 294 valence electrons. The molecule has 10 heteroatoms. The fourth-order valence-corrected chi connectivity index (χ4v) is 6.40. The van der Waals surface area contributed by atoms with E-state index in [4.69, 9.17) is 21.1 Å². The first-order chi connectivity index (χ1) is 26.2. The van der Waals surface area contributed by atoms with Crippen LogP contribution in [-0.4, -0.2) is 61.9 Å². The Morgan fingerprint density at radius 2 is 1.37 bits per heavy atom. The van der Waals surface area contributed by atoms with Crippen LogP contribution in [0.5, 0.6) is 5.75 Å². The van der Waals surface area contributed by atoms with Crippen molar-refractivity contribution in [2.24, 2.45) is 4.99 Å². The topological polar surface area (TPSA) is 118 Å². The summed E-state index contributed by atoms with van der Waals surface area (Å²) in [6.07, 6.45) is 17.4. The maximum Gasteiger partial charge on any atom is 0.338 e. The zero-order valence-corrected chi connectivity index (χ0v) is 33.5. The zero-order valence-electron chi connectivity index (χ0n) is 32.8. The third kappa shape index (κ3) is 14.9. The molecule has 0 aromatic heterocycles. The summed E-state index contributed by atoms with van der Waals surface area (Å²) in [6.45, 7) is 7.57. The summed E-state index contributed by atoms with van der Waals surface area (Å²) in [5.41, 5.74) is 2.31. The van der Waals surface area contributed by atoms with Crippen molar-refractivity contribution in [3.05, 3.63) is 82.4 Å². The van der Waals surface area contributed by atoms with Crippen LogP contribution < -0.4 is 15.0 Å². The smallest absolute Gasteiger partial charge is 0.338 e. The van der Waals surface area contributed by atoms with Gasteiger partial charge in [0.15, 0.2) is 5.71 Å². The molecule has 0 spiro atoms. The highest BCUT2D eigenvalue weighted by Gasteiger charge is 2.24. The van der Waals surface area contributed by atoms with Crippen LogP contribution in [0.3, 0.4) is 0 Å². The van der Waals surface area contributed by atoms with E-state index in [1.54, 1.807) is 36.4 Å². The van der Waals surface area contributed by atoms with Crippen LogP contribution in [-0.2, 0) is 9.53 Å². The van der Waals surface area contributed by atoms with Gasteiger partial charge in [-0.3, -0.25) is 9.59 Å². The lowest BCUT2D eigenvalue weighted by atomic mass is 10.0. The number of rotatable bonds is 26. The molecule has 3 aromatic carbocycles. The number of halogens is 1. The van der Waals surface area contributed by atoms with Crippen molar-refractivity contribution < 1.29 is 29.0 Å². The minimum atomic E-state index is -0.787. The van der Waals surface area contributed by atoms with E-state index in [0.717, 1.165) is 30.5 Å². The Kier molecular flexibility index (Phi) is 20.4. The number of hydrogen-bond acceptors (Lipinski definition) is 8. The molecule has 1 amide bonds. The van der Waals surface area contributed by atoms with Gasteiger partial charge in [0.1, 0.15) is 5.75 Å². The van der Waals surface area contributed by atoms with E-state index in [2.05, 4.69) is 17.2 Å². The highest BCUT2D eigenvalue weighted by molar-refractivity contribution is 6.70. The number of carbonyl (C=O) groups is 3. The van der Waals surface area contributed by atoms with Crippen molar-refractivity contribution in [3.8, 4) is 5.75 Å². The maximum atomic E-state index is 13.8. The molecule has 0 heterocycles. The summed E-state index contributed by atoms with van der Waals surface area (Å²) in [6, 6.07) is 16.4. The SMILES string of the molecule is CCCCCCCCCCCCCCCCOC(=O)c1ccc(Cl)c(NC(=O)C(=Nc2ccc(N(CC)CCO)cc2C)C(=O)c2ccc(OC)cc2)c1. The van der Waals surface area contributed by atoms with E-state index in [0.29, 0.717) is 31.1 Å². The second-order valence-corrected chi connectivity index (χ2v) is 14.1. The van der Waals surface area contributed by atoms with Crippen LogP contribution in [0.15, 0.2) is 65.7 Å². The number of hydrogen-bond donors (Lipinski definition) is 2. The van der Waals surface area contributed by atoms with E-state index in [1.165, 1.54) is 89.9 Å². The Bertz CT molecular complexity index is 1640. The number of methoxy groups -OCH3 is 1. The number of aliphatic hydroxyl groups excluding tert-OH is 1. The number of aryl methyl sites for hydroxylation is 1. The Hall–Kier alpha value is -4.21. The van der Waals surface area contributed by atoms with Gasteiger partial charge in [-0.25, -0.2) is 9.79 Å². The first-order valence-corrected chi connectivity index (χ1v) is 20.1. The van der Waals surface area contributed by atoms with Crippen LogP contribution in [0.4, 0.5) is 17.1 Å². The van der Waals surface area contributed by atoms with Crippen LogP contribution in [0.25, 0.3) is 0 Å². The molecule has 0 bridgehead atoms. The number of likely N-dealkylation sites (N-methyl/N-ethyl adjacent to an activating group) is 1. The summed E-state index contributed by atoms with van der Waals surface area (Å²) >= 11 is 6.47. The Balaban J connectivity index is 1.61. The number of unbranched alkanes of at least 4 members (excludes halogenated alkanes) is 13. The van der Waals surface area contributed by atoms with Gasteiger partial charge in [-0.05, 0) is 86.5 Å². The molecule has 0 aliphatic heterocycles. The quantitative estimate of drug-likeness (QED) is 0.0275. The van der Waals surface area contributed by atoms with E-state index >= 15 is 0 Å². The number of amides is 1. The lowest BCUT2D eigenvalue weighted by molar-refractivity contribution is -0.110. The Morgan fingerprint density at radius 1 is 0.778 bits per heavy atom. The third-order valence-corrected chi connectivity index (χ3v) is 9.82. The fraction of sp³-hybridized carbons (Fsp3) is 0.500. The van der Waals surface area contributed by atoms with E-state index in [1.807, 2.05) is 30.9 Å². The van der Waals surface area contributed by atoms with Gasteiger partial charge in [-0.2, -0.15) is 0 Å². The average molecular weight is 762 g/mol. The number of Topliss-reactive ketones (excluding diaryl/α,β-unsaturated/α-hetero) is 1. The monoisotopic (exact) mass is 761 g/mol. The number of ether oxygens (including phenoxy) is 2. The van der Waals surface area contributed by atoms with Crippen LogP contribution in [0, 0.1) is 6.92 Å². The lowest BCUT2D eigenvalue weighted by Crippen LogP contribution is -2.30. The minimum Gasteiger partial charge on any atom is -0.497 e. The summed E-state index contributed by atoms with van der Waals surface area (Å²) < 4.78 is 10.8. The molecular weight excluding hydrogens is 702 g/mol. The second kappa shape index (κ2) is 25.0. The molecule has 0 saturated heterocycles. The van der Waals surface area contributed by atoms with Gasteiger partial charge in [0.2, 0.25) is 5.78 Å². The van der Waals surface area contributed by atoms with Gasteiger partial charge in [-0.1, -0.05) is 102 Å². The second-order valence-electron chi connectivity index (χ2n) is 13.7. The summed E-state index contributed by atoms with van der Waals surface area (Å²) in [7, 11) is 1.53. The number of nitrogens with one attached hydrogen (secondary N) is 1. The molecule has 0 aliphatic carbocycles. The van der Waals surface area contributed by atoms with Crippen molar-refractivity contribution >= 4 is 52.0 Å². The third-order valence-electron chi connectivity index (χ3n) is 9.49. The number of aliphatic imine (C=N–C) groups is 1. The van der Waals surface area contributed by atoms with Crippen LogP contribution >= 0.6 is 11.6 Å². The van der Waals surface area contributed by atoms with Gasteiger partial charge >= 0.3 is 5.97 Å². The normalized spacial score (nSPS) is 11.3. The summed E-state index contributed by atoms with van der Waals surface area (Å²) in [5.74, 6) is -1.35. The first-order valence-electron chi connectivity index (χ1n) is 19.7. The highest BCUT2D eigenvalue weighted by atomic mass is 35.5. The largest absolute Gasteiger partial charge is 0.497 e. The standard InChI is InChI=1S/C44H60ClN3O6/c1-5-7-8-9-10-11-12-13-14-15-16-17-18-19-30-54-44(52)35-22-26-38(45)40(32-35)47-43(51)41(42(50)34-20-24-37(53-4)25-21-34)46-39-27-23-36(31-33(39)3)48(6-2)28-29-49/h20-27,31-32,49H,5-19,28-30H2,1-4H3,(H,47,51). The molecule has 0 saturated carbocycles. The van der Waals surface area contributed by atoms with E-state index in [9.17, 15) is 19.5 Å². The highest BCUT2D eigenvalue weighted by Crippen LogP contribution is 2.27. The molecule has 0 aliphatic rings. The maximum absolute atomic E-state index is 13.8. The van der Waals surface area contributed by atoms with Crippen molar-refractivity contribution in [2.75, 3.05) is 43.6 Å². The number of ketones is 1. The average Bonchev–Trinajstić information content (AvgIpc) is 3.18. The van der Waals surface area contributed by atoms with Crippen molar-refractivity contribution in [2.45, 2.75) is 111 Å². The van der Waals surface area contributed by atoms with Crippen LogP contribution in [0.1, 0.15) is 130 Å². The number of benzene rings is 3. The molecule has 9 nitrogen and oxygen atoms in total. The number of anilines is 2. The number of aliphatic hydroxyl groups is 1. The zero-order chi connectivity index (χ0) is 39.1. The number of carbonyl (C=O) groups excluding carboxylic acids is 3. The molecule has 0 fully saturated rings. The predicted octanol–water partition coefficient (Wildman–Crippen LogP) is 10.7. The fourth-order valence-electron chi connectivity index (χ4n) is 6.23. The molecule has 0 unspecified atom stereocenters. The Morgan fingerprint density at radius 3 is 1.93 bits per heavy atom. The van der Waals surface area contributed by atoms with Crippen LogP contribution in [0.2, 0.25) is 5.02 Å². The van der Waals surface area contributed by atoms with Crippen molar-refractivity contribution in [1.82, 2.24) is 0 Å². The predicted molar refractivity (Wildman–Crippen MR) is 221 cm³/mol. The van der Waals surface area contributed by atoms with Gasteiger partial charge < -0.3 is 24.8 Å². The number of nitrogens with zero attached hydrogens (tertiary/aromatic N) is 2. The van der Waals surface area contributed by atoms with Gasteiger partial charge in [0.05, 0.1) is 42.3 Å². The van der Waals surface area contributed by atoms with Gasteiger partial charge in [0, 0.05) is 24.3 Å². The summed E-state index contributed by atoms with van der Waals surface area (Å²) in [4.78, 5) is 47.1. The molecule has 3 aromatic rings. The first kappa shape index (κ1) is 44.2. The number of esters is 1. The minimum absolute atomic E-state index is 0.00840. The van der Waals surface area contributed by atoms with E-state index in [-0.39, 0.29) is 34.2 Å². The van der Waals surface area contributed by atoms with Gasteiger partial charge in [0.25, 0.3) is 5.91 Å². The lowest BCUT2D eigenvalue weighted by Gasteiger charge is -2.22.